The summed E-state index contributed by atoms with van der Waals surface area (Å²) in [5, 5.41) is 4.08. The van der Waals surface area contributed by atoms with Gasteiger partial charge in [-0.3, -0.25) is 0 Å². The van der Waals surface area contributed by atoms with Crippen LogP contribution >= 0.6 is 11.6 Å². The van der Waals surface area contributed by atoms with Gasteiger partial charge in [-0.1, -0.05) is 29.8 Å². The normalized spacial score (nSPS) is 10.7. The van der Waals surface area contributed by atoms with Gasteiger partial charge in [-0.25, -0.2) is 0 Å². The molecular formula is C19H18ClNO. The first-order valence-electron chi connectivity index (χ1n) is 7.28. The van der Waals surface area contributed by atoms with Crippen LogP contribution in [0, 0.1) is 13.8 Å². The Kier molecular flexibility index (Phi) is 4.21. The Bertz CT molecular complexity index is 792. The number of hydrogen-bond donors (Lipinski definition) is 1. The molecule has 1 aromatic heterocycles. The van der Waals surface area contributed by atoms with E-state index in [2.05, 4.69) is 37.4 Å². The van der Waals surface area contributed by atoms with E-state index in [9.17, 15) is 0 Å². The highest BCUT2D eigenvalue weighted by molar-refractivity contribution is 6.33. The summed E-state index contributed by atoms with van der Waals surface area (Å²) in [5.74, 6) is 1.68. The van der Waals surface area contributed by atoms with Crippen LogP contribution in [0.5, 0.6) is 0 Å². The maximum absolute atomic E-state index is 6.20. The first kappa shape index (κ1) is 14.7. The van der Waals surface area contributed by atoms with Crippen molar-refractivity contribution in [3.63, 3.8) is 0 Å². The van der Waals surface area contributed by atoms with E-state index in [0.717, 1.165) is 22.8 Å². The predicted molar refractivity (Wildman–Crippen MR) is 92.4 cm³/mol. The third kappa shape index (κ3) is 3.18. The summed E-state index contributed by atoms with van der Waals surface area (Å²) in [4.78, 5) is 0. The zero-order valence-corrected chi connectivity index (χ0v) is 13.4. The lowest BCUT2D eigenvalue weighted by Gasteiger charge is -2.07. The largest absolute Gasteiger partial charge is 0.459 e. The number of anilines is 1. The van der Waals surface area contributed by atoms with Gasteiger partial charge in [-0.2, -0.15) is 0 Å². The van der Waals surface area contributed by atoms with Crippen molar-refractivity contribution in [2.24, 2.45) is 0 Å². The molecule has 0 aliphatic carbocycles. The molecule has 22 heavy (non-hydrogen) atoms. The molecule has 0 amide bonds. The fourth-order valence-corrected chi connectivity index (χ4v) is 2.55. The van der Waals surface area contributed by atoms with Crippen LogP contribution in [-0.4, -0.2) is 0 Å². The van der Waals surface area contributed by atoms with E-state index in [0.29, 0.717) is 11.6 Å². The van der Waals surface area contributed by atoms with Crippen molar-refractivity contribution in [2.45, 2.75) is 20.4 Å². The van der Waals surface area contributed by atoms with Crippen LogP contribution in [0.4, 0.5) is 5.69 Å². The van der Waals surface area contributed by atoms with Crippen LogP contribution in [0.2, 0.25) is 5.02 Å². The second-order valence-electron chi connectivity index (χ2n) is 5.40. The molecule has 0 atom stereocenters. The Balaban J connectivity index is 1.72. The van der Waals surface area contributed by atoms with Gasteiger partial charge < -0.3 is 9.73 Å². The van der Waals surface area contributed by atoms with E-state index >= 15 is 0 Å². The molecule has 112 valence electrons. The van der Waals surface area contributed by atoms with Gasteiger partial charge in [0.15, 0.2) is 0 Å². The quantitative estimate of drug-likeness (QED) is 0.656. The summed E-state index contributed by atoms with van der Waals surface area (Å²) in [6.45, 7) is 4.87. The fraction of sp³-hybridized carbons (Fsp3) is 0.158. The van der Waals surface area contributed by atoms with E-state index in [-0.39, 0.29) is 0 Å². The molecule has 0 unspecified atom stereocenters. The van der Waals surface area contributed by atoms with Gasteiger partial charge in [0.25, 0.3) is 0 Å². The lowest BCUT2D eigenvalue weighted by atomic mass is 10.1. The molecule has 0 bridgehead atoms. The molecule has 0 saturated heterocycles. The number of halogens is 1. The average Bonchev–Trinajstić information content (AvgIpc) is 2.98. The topological polar surface area (TPSA) is 25.2 Å². The number of nitrogens with one attached hydrogen (secondary N) is 1. The smallest absolute Gasteiger partial charge is 0.135 e. The molecule has 3 heteroatoms. The van der Waals surface area contributed by atoms with Gasteiger partial charge in [0.05, 0.1) is 11.6 Å². The van der Waals surface area contributed by atoms with Crippen LogP contribution in [0.1, 0.15) is 16.9 Å². The van der Waals surface area contributed by atoms with Crippen molar-refractivity contribution in [1.29, 1.82) is 0 Å². The summed E-state index contributed by atoms with van der Waals surface area (Å²) >= 11 is 6.20. The Morgan fingerprint density at radius 3 is 2.55 bits per heavy atom. The highest BCUT2D eigenvalue weighted by Crippen LogP contribution is 2.29. The minimum Gasteiger partial charge on any atom is -0.459 e. The maximum atomic E-state index is 6.20. The Labute approximate surface area is 135 Å². The molecule has 2 aromatic carbocycles. The Hall–Kier alpha value is -2.19. The van der Waals surface area contributed by atoms with Gasteiger partial charge in [-0.05, 0) is 61.4 Å². The zero-order chi connectivity index (χ0) is 15.5. The zero-order valence-electron chi connectivity index (χ0n) is 12.7. The minimum atomic E-state index is 0.646. The molecule has 0 aliphatic rings. The van der Waals surface area contributed by atoms with Gasteiger partial charge >= 0.3 is 0 Å². The monoisotopic (exact) mass is 311 g/mol. The van der Waals surface area contributed by atoms with E-state index < -0.39 is 0 Å². The summed E-state index contributed by atoms with van der Waals surface area (Å²) in [6.07, 6.45) is 0. The van der Waals surface area contributed by atoms with Gasteiger partial charge in [0, 0.05) is 11.3 Å². The molecule has 0 fully saturated rings. The summed E-state index contributed by atoms with van der Waals surface area (Å²) < 4.78 is 5.88. The number of rotatable bonds is 4. The number of hydrogen-bond acceptors (Lipinski definition) is 2. The van der Waals surface area contributed by atoms with E-state index in [1.807, 2.05) is 36.4 Å². The van der Waals surface area contributed by atoms with Crippen molar-refractivity contribution < 1.29 is 4.42 Å². The van der Waals surface area contributed by atoms with Crippen LogP contribution < -0.4 is 5.32 Å². The van der Waals surface area contributed by atoms with Crippen LogP contribution in [0.15, 0.2) is 59.0 Å². The van der Waals surface area contributed by atoms with Gasteiger partial charge in [-0.15, -0.1) is 0 Å². The summed E-state index contributed by atoms with van der Waals surface area (Å²) in [6, 6.07) is 18.0. The first-order valence-corrected chi connectivity index (χ1v) is 7.66. The van der Waals surface area contributed by atoms with Crippen molar-refractivity contribution in [3.05, 3.63) is 76.5 Å². The number of aryl methyl sites for hydroxylation is 2. The van der Waals surface area contributed by atoms with Gasteiger partial charge in [0.1, 0.15) is 11.5 Å². The SMILES string of the molecule is Cc1ccc(NCc2ccc(-c3ccccc3Cl)o2)cc1C. The standard InChI is InChI=1S/C19H18ClNO/c1-13-7-8-15(11-14(13)2)21-12-16-9-10-19(22-16)17-5-3-4-6-18(17)20/h3-11,21H,12H2,1-2H3. The molecule has 3 aromatic rings. The average molecular weight is 312 g/mol. The third-order valence-electron chi connectivity index (χ3n) is 3.77. The molecule has 3 rings (SSSR count). The Morgan fingerprint density at radius 2 is 1.77 bits per heavy atom. The molecular weight excluding hydrogens is 294 g/mol. The van der Waals surface area contributed by atoms with Crippen LogP contribution in [0.25, 0.3) is 11.3 Å². The molecule has 0 spiro atoms. The summed E-state index contributed by atoms with van der Waals surface area (Å²) in [7, 11) is 0. The number of furan rings is 1. The second kappa shape index (κ2) is 6.29. The molecule has 1 heterocycles. The summed E-state index contributed by atoms with van der Waals surface area (Å²) in [5.41, 5.74) is 4.59. The highest BCUT2D eigenvalue weighted by Gasteiger charge is 2.08. The third-order valence-corrected chi connectivity index (χ3v) is 4.10. The number of benzene rings is 2. The van der Waals surface area contributed by atoms with Crippen molar-refractivity contribution >= 4 is 17.3 Å². The first-order chi connectivity index (χ1) is 10.6. The second-order valence-corrected chi connectivity index (χ2v) is 5.81. The van der Waals surface area contributed by atoms with E-state index in [1.165, 1.54) is 11.1 Å². The molecule has 2 nitrogen and oxygen atoms in total. The van der Waals surface area contributed by atoms with Crippen molar-refractivity contribution in [3.8, 4) is 11.3 Å². The van der Waals surface area contributed by atoms with Crippen molar-refractivity contribution in [2.75, 3.05) is 5.32 Å². The van der Waals surface area contributed by atoms with Crippen LogP contribution in [-0.2, 0) is 6.54 Å². The Morgan fingerprint density at radius 1 is 0.955 bits per heavy atom. The maximum Gasteiger partial charge on any atom is 0.135 e. The fourth-order valence-electron chi connectivity index (χ4n) is 2.32. The predicted octanol–water partition coefficient (Wildman–Crippen LogP) is 5.83. The molecule has 1 N–H and O–H groups in total. The molecule has 0 aliphatic heterocycles. The van der Waals surface area contributed by atoms with Gasteiger partial charge in [0.2, 0.25) is 0 Å². The highest BCUT2D eigenvalue weighted by atomic mass is 35.5. The van der Waals surface area contributed by atoms with Crippen molar-refractivity contribution in [1.82, 2.24) is 0 Å². The van der Waals surface area contributed by atoms with E-state index in [1.54, 1.807) is 0 Å². The lowest BCUT2D eigenvalue weighted by Crippen LogP contribution is -1.98. The van der Waals surface area contributed by atoms with E-state index in [4.69, 9.17) is 16.0 Å². The van der Waals surface area contributed by atoms with Crippen LogP contribution in [0.3, 0.4) is 0 Å². The molecule has 0 radical (unpaired) electrons. The lowest BCUT2D eigenvalue weighted by molar-refractivity contribution is 0.531. The minimum absolute atomic E-state index is 0.646. The molecule has 0 saturated carbocycles.